The summed E-state index contributed by atoms with van der Waals surface area (Å²) in [4.78, 5) is 24.8. The van der Waals surface area contributed by atoms with Gasteiger partial charge in [0.2, 0.25) is 0 Å². The quantitative estimate of drug-likeness (QED) is 0.840. The Morgan fingerprint density at radius 3 is 2.87 bits per heavy atom. The summed E-state index contributed by atoms with van der Waals surface area (Å²) < 4.78 is 0. The number of nitrogens with zero attached hydrogens (tertiary/aromatic N) is 3. The van der Waals surface area contributed by atoms with E-state index in [1.54, 1.807) is 23.7 Å². The smallest absolute Gasteiger partial charge is 0.257 e. The van der Waals surface area contributed by atoms with Crippen LogP contribution in [0.15, 0.2) is 29.9 Å². The van der Waals surface area contributed by atoms with Crippen molar-refractivity contribution in [1.82, 2.24) is 14.9 Å². The van der Waals surface area contributed by atoms with Gasteiger partial charge in [-0.1, -0.05) is 13.0 Å². The molecular weight excluding hydrogens is 306 g/mol. The standard InChI is InChI=1S/C18H23N3OS/c1-2-17-19-12-14(13-20-17)18(22)21-10-4-3-6-15(21)8-9-16-7-5-11-23-16/h5,7,11-13,15H,2-4,6,8-10H2,1H3/t15-/m1/s1. The molecule has 1 saturated heterocycles. The highest BCUT2D eigenvalue weighted by molar-refractivity contribution is 7.09. The minimum absolute atomic E-state index is 0.0866. The number of likely N-dealkylation sites (tertiary alicyclic amines) is 1. The zero-order valence-electron chi connectivity index (χ0n) is 13.6. The lowest BCUT2D eigenvalue weighted by molar-refractivity contribution is 0.0601. The molecule has 0 N–H and O–H groups in total. The van der Waals surface area contributed by atoms with E-state index in [9.17, 15) is 4.79 Å². The molecule has 0 saturated carbocycles. The van der Waals surface area contributed by atoms with E-state index in [2.05, 4.69) is 27.5 Å². The summed E-state index contributed by atoms with van der Waals surface area (Å²) in [7, 11) is 0. The topological polar surface area (TPSA) is 46.1 Å². The number of piperidine rings is 1. The van der Waals surface area contributed by atoms with Gasteiger partial charge in [-0.3, -0.25) is 4.79 Å². The van der Waals surface area contributed by atoms with Gasteiger partial charge in [0, 0.05) is 36.3 Å². The molecule has 1 fully saturated rings. The Kier molecular flexibility index (Phi) is 5.39. The van der Waals surface area contributed by atoms with Crippen molar-refractivity contribution in [2.24, 2.45) is 0 Å². The Balaban J connectivity index is 1.67. The fourth-order valence-corrected chi connectivity index (χ4v) is 3.87. The minimum atomic E-state index is 0.0866. The van der Waals surface area contributed by atoms with Crippen LogP contribution in [0.1, 0.15) is 53.7 Å². The first kappa shape index (κ1) is 16.1. The average molecular weight is 329 g/mol. The predicted octanol–water partition coefficient (Wildman–Crippen LogP) is 3.73. The molecule has 0 unspecified atom stereocenters. The summed E-state index contributed by atoms with van der Waals surface area (Å²) >= 11 is 1.80. The molecule has 122 valence electrons. The minimum Gasteiger partial charge on any atom is -0.336 e. The summed E-state index contributed by atoms with van der Waals surface area (Å²) in [6.07, 6.45) is 9.65. The normalized spacial score (nSPS) is 18.1. The van der Waals surface area contributed by atoms with Crippen LogP contribution in [0.25, 0.3) is 0 Å². The largest absolute Gasteiger partial charge is 0.336 e. The van der Waals surface area contributed by atoms with Crippen LogP contribution in [0, 0.1) is 0 Å². The molecule has 1 atom stereocenters. The van der Waals surface area contributed by atoms with Crippen LogP contribution >= 0.6 is 11.3 Å². The van der Waals surface area contributed by atoms with E-state index in [0.29, 0.717) is 11.6 Å². The third-order valence-corrected chi connectivity index (χ3v) is 5.40. The number of aromatic nitrogens is 2. The van der Waals surface area contributed by atoms with E-state index in [4.69, 9.17) is 0 Å². The lowest BCUT2D eigenvalue weighted by atomic mass is 9.97. The first-order valence-electron chi connectivity index (χ1n) is 8.42. The summed E-state index contributed by atoms with van der Waals surface area (Å²) in [6, 6.07) is 4.61. The molecule has 1 aliphatic heterocycles. The molecule has 0 bridgehead atoms. The Hall–Kier alpha value is -1.75. The van der Waals surface area contributed by atoms with Crippen LogP contribution in [0.4, 0.5) is 0 Å². The number of rotatable bonds is 5. The van der Waals surface area contributed by atoms with Gasteiger partial charge in [-0.2, -0.15) is 0 Å². The Labute approximate surface area is 141 Å². The second kappa shape index (κ2) is 7.68. The average Bonchev–Trinajstić information content (AvgIpc) is 3.13. The maximum atomic E-state index is 12.8. The van der Waals surface area contributed by atoms with Crippen LogP contribution in [-0.2, 0) is 12.8 Å². The number of hydrogen-bond acceptors (Lipinski definition) is 4. The van der Waals surface area contributed by atoms with Gasteiger partial charge in [0.1, 0.15) is 5.82 Å². The molecule has 5 heteroatoms. The van der Waals surface area contributed by atoms with Crippen LogP contribution in [0.3, 0.4) is 0 Å². The second-order valence-corrected chi connectivity index (χ2v) is 7.04. The predicted molar refractivity (Wildman–Crippen MR) is 92.7 cm³/mol. The van der Waals surface area contributed by atoms with Gasteiger partial charge >= 0.3 is 0 Å². The SMILES string of the molecule is CCc1ncc(C(=O)N2CCCC[C@@H]2CCc2cccs2)cn1. The lowest BCUT2D eigenvalue weighted by Crippen LogP contribution is -2.44. The fraction of sp³-hybridized carbons (Fsp3) is 0.500. The molecule has 0 aliphatic carbocycles. The van der Waals surface area contributed by atoms with Crippen molar-refractivity contribution in [3.8, 4) is 0 Å². The molecular formula is C18H23N3OS. The number of hydrogen-bond donors (Lipinski definition) is 0. The molecule has 1 amide bonds. The van der Waals surface area contributed by atoms with Crippen molar-refractivity contribution in [2.75, 3.05) is 6.54 Å². The monoisotopic (exact) mass is 329 g/mol. The summed E-state index contributed by atoms with van der Waals surface area (Å²) in [5.74, 6) is 0.873. The Morgan fingerprint density at radius 2 is 2.17 bits per heavy atom. The fourth-order valence-electron chi connectivity index (χ4n) is 3.15. The highest BCUT2D eigenvalue weighted by Gasteiger charge is 2.27. The molecule has 2 aromatic heterocycles. The van der Waals surface area contributed by atoms with Crippen LogP contribution in [-0.4, -0.2) is 33.4 Å². The van der Waals surface area contributed by atoms with E-state index in [-0.39, 0.29) is 5.91 Å². The van der Waals surface area contributed by atoms with E-state index in [0.717, 1.165) is 44.5 Å². The summed E-state index contributed by atoms with van der Waals surface area (Å²) in [5, 5.41) is 2.12. The van der Waals surface area contributed by atoms with Crippen molar-refractivity contribution >= 4 is 17.2 Å². The zero-order chi connectivity index (χ0) is 16.1. The third kappa shape index (κ3) is 3.96. The van der Waals surface area contributed by atoms with E-state index in [1.165, 1.54) is 11.3 Å². The van der Waals surface area contributed by atoms with Gasteiger partial charge in [0.05, 0.1) is 5.56 Å². The maximum Gasteiger partial charge on any atom is 0.257 e. The number of carbonyl (C=O) groups excluding carboxylic acids is 1. The highest BCUT2D eigenvalue weighted by Crippen LogP contribution is 2.24. The third-order valence-electron chi connectivity index (χ3n) is 4.46. The van der Waals surface area contributed by atoms with E-state index < -0.39 is 0 Å². The van der Waals surface area contributed by atoms with E-state index in [1.807, 2.05) is 11.8 Å². The van der Waals surface area contributed by atoms with Gasteiger partial charge in [0.15, 0.2) is 0 Å². The van der Waals surface area contributed by atoms with Gasteiger partial charge in [-0.25, -0.2) is 9.97 Å². The molecule has 4 nitrogen and oxygen atoms in total. The second-order valence-electron chi connectivity index (χ2n) is 6.01. The Morgan fingerprint density at radius 1 is 1.35 bits per heavy atom. The van der Waals surface area contributed by atoms with Crippen LogP contribution in [0.5, 0.6) is 0 Å². The molecule has 2 aromatic rings. The van der Waals surface area contributed by atoms with Gasteiger partial charge in [-0.15, -0.1) is 11.3 Å². The number of aryl methyl sites for hydroxylation is 2. The van der Waals surface area contributed by atoms with Crippen molar-refractivity contribution in [1.29, 1.82) is 0 Å². The molecule has 0 aromatic carbocycles. The van der Waals surface area contributed by atoms with Crippen molar-refractivity contribution in [2.45, 2.75) is 51.5 Å². The maximum absolute atomic E-state index is 12.8. The molecule has 3 heterocycles. The van der Waals surface area contributed by atoms with Gasteiger partial charge in [-0.05, 0) is 43.6 Å². The first-order valence-corrected chi connectivity index (χ1v) is 9.30. The van der Waals surface area contributed by atoms with Crippen molar-refractivity contribution in [3.63, 3.8) is 0 Å². The highest BCUT2D eigenvalue weighted by atomic mass is 32.1. The molecule has 1 aliphatic rings. The lowest BCUT2D eigenvalue weighted by Gasteiger charge is -2.35. The van der Waals surface area contributed by atoms with Crippen molar-refractivity contribution < 1.29 is 4.79 Å². The zero-order valence-corrected chi connectivity index (χ0v) is 14.4. The number of carbonyl (C=O) groups is 1. The summed E-state index contributed by atoms with van der Waals surface area (Å²) in [5.41, 5.74) is 0.616. The molecule has 23 heavy (non-hydrogen) atoms. The van der Waals surface area contributed by atoms with Crippen LogP contribution < -0.4 is 0 Å². The first-order chi connectivity index (χ1) is 11.3. The molecule has 3 rings (SSSR count). The number of thiophene rings is 1. The summed E-state index contributed by atoms with van der Waals surface area (Å²) in [6.45, 7) is 2.87. The number of amides is 1. The Bertz CT molecular complexity index is 624. The van der Waals surface area contributed by atoms with Crippen molar-refractivity contribution in [3.05, 3.63) is 46.2 Å². The van der Waals surface area contributed by atoms with Crippen LogP contribution in [0.2, 0.25) is 0 Å². The molecule has 0 radical (unpaired) electrons. The van der Waals surface area contributed by atoms with E-state index >= 15 is 0 Å². The van der Waals surface area contributed by atoms with Gasteiger partial charge in [0.25, 0.3) is 5.91 Å². The molecule has 0 spiro atoms. The van der Waals surface area contributed by atoms with Gasteiger partial charge < -0.3 is 4.90 Å².